The first-order valence-electron chi connectivity index (χ1n) is 14.4. The van der Waals surface area contributed by atoms with Gasteiger partial charge in [-0.05, 0) is 56.5 Å². The molecule has 1 amide bonds. The van der Waals surface area contributed by atoms with Gasteiger partial charge in [-0.1, -0.05) is 39.8 Å². The number of anilines is 1. The number of carbonyl (C=O) groups excluding carboxylic acids is 1. The van der Waals surface area contributed by atoms with Crippen LogP contribution < -0.4 is 10.4 Å². The van der Waals surface area contributed by atoms with E-state index in [4.69, 9.17) is 0 Å². The van der Waals surface area contributed by atoms with E-state index in [0.717, 1.165) is 51.4 Å². The summed E-state index contributed by atoms with van der Waals surface area (Å²) in [5.41, 5.74) is 5.59. The highest BCUT2D eigenvalue weighted by atomic mass is 16.2. The molecule has 1 aromatic carbocycles. The molecule has 1 aromatic heterocycles. The molecule has 9 nitrogen and oxygen atoms in total. The van der Waals surface area contributed by atoms with Crippen molar-refractivity contribution in [2.45, 2.75) is 54.0 Å². The lowest BCUT2D eigenvalue weighted by Crippen LogP contribution is -2.48. The minimum Gasteiger partial charge on any atom is -0.302 e. The normalized spacial score (nSPS) is 14.5. The van der Waals surface area contributed by atoms with E-state index in [9.17, 15) is 10.1 Å². The number of amides is 1. The average Bonchev–Trinajstić information content (AvgIpc) is 2.93. The molecule has 2 heterocycles. The minimum absolute atomic E-state index is 0.0822. The van der Waals surface area contributed by atoms with Gasteiger partial charge < -0.3 is 4.90 Å². The van der Waals surface area contributed by atoms with Crippen molar-refractivity contribution in [1.82, 2.24) is 30.1 Å². The van der Waals surface area contributed by atoms with Crippen molar-refractivity contribution in [2.75, 3.05) is 63.9 Å². The molecule has 3 rings (SSSR count). The fourth-order valence-electron chi connectivity index (χ4n) is 4.94. The zero-order valence-corrected chi connectivity index (χ0v) is 24.5. The van der Waals surface area contributed by atoms with E-state index in [-0.39, 0.29) is 17.6 Å². The summed E-state index contributed by atoms with van der Waals surface area (Å²) in [7, 11) is 0. The number of nitrogens with one attached hydrogen (secondary N) is 1. The standard InChI is InChI=1S/C30H46N8O/c1-6-12-35(13-7-2)14-15-36-16-18-37(19-17-36)23-26-8-10-27(11-9-26)30(39)34-38(22-24(3)4)29-25(5)21-32-28(20-31)33-29/h8-11,21,24H,6-7,12-19,22-23H2,1-5H3,(H,34,39). The van der Waals surface area contributed by atoms with Crippen LogP contribution in [0, 0.1) is 24.2 Å². The Kier molecular flexibility index (Phi) is 12.1. The van der Waals surface area contributed by atoms with Gasteiger partial charge in [0.05, 0.1) is 0 Å². The lowest BCUT2D eigenvalue weighted by molar-refractivity contribution is 0.0947. The molecule has 0 atom stereocenters. The predicted molar refractivity (Wildman–Crippen MR) is 156 cm³/mol. The summed E-state index contributed by atoms with van der Waals surface area (Å²) in [4.78, 5) is 29.2. The van der Waals surface area contributed by atoms with Gasteiger partial charge in [0.2, 0.25) is 5.82 Å². The maximum atomic E-state index is 13.1. The second-order valence-corrected chi connectivity index (χ2v) is 10.9. The van der Waals surface area contributed by atoms with Gasteiger partial charge >= 0.3 is 0 Å². The molecule has 0 saturated carbocycles. The van der Waals surface area contributed by atoms with E-state index in [1.165, 1.54) is 31.5 Å². The Hall–Kier alpha value is -3.06. The van der Waals surface area contributed by atoms with E-state index in [1.54, 1.807) is 11.2 Å². The number of hydrazine groups is 1. The topological polar surface area (TPSA) is 91.6 Å². The molecule has 2 aromatic rings. The molecule has 9 heteroatoms. The molecule has 0 bridgehead atoms. The van der Waals surface area contributed by atoms with Crippen molar-refractivity contribution in [3.05, 3.63) is 53.0 Å². The Balaban J connectivity index is 1.52. The van der Waals surface area contributed by atoms with Crippen molar-refractivity contribution >= 4 is 11.7 Å². The summed E-state index contributed by atoms with van der Waals surface area (Å²) in [6.07, 6.45) is 4.05. The smallest absolute Gasteiger partial charge is 0.269 e. The largest absolute Gasteiger partial charge is 0.302 e. The van der Waals surface area contributed by atoms with E-state index in [2.05, 4.69) is 57.8 Å². The van der Waals surface area contributed by atoms with Crippen LogP contribution in [0.15, 0.2) is 30.5 Å². The fourth-order valence-corrected chi connectivity index (χ4v) is 4.94. The number of carbonyl (C=O) groups is 1. The summed E-state index contributed by atoms with van der Waals surface area (Å²) in [5, 5.41) is 10.9. The Morgan fingerprint density at radius 3 is 2.28 bits per heavy atom. The Labute approximate surface area is 234 Å². The van der Waals surface area contributed by atoms with E-state index >= 15 is 0 Å². The molecule has 0 spiro atoms. The van der Waals surface area contributed by atoms with Gasteiger partial charge in [-0.3, -0.25) is 25.0 Å². The third kappa shape index (κ3) is 9.57. The number of nitriles is 1. The number of aryl methyl sites for hydroxylation is 1. The number of hydrogen-bond acceptors (Lipinski definition) is 8. The molecule has 0 unspecified atom stereocenters. The number of aromatic nitrogens is 2. The van der Waals surface area contributed by atoms with Crippen LogP contribution in [-0.4, -0.2) is 89.5 Å². The van der Waals surface area contributed by atoms with E-state index in [1.807, 2.05) is 37.3 Å². The number of hydrogen-bond donors (Lipinski definition) is 1. The summed E-state index contributed by atoms with van der Waals surface area (Å²) in [5.74, 6) is 0.703. The summed E-state index contributed by atoms with van der Waals surface area (Å²) >= 11 is 0. The van der Waals surface area contributed by atoms with Crippen LogP contribution in [0.5, 0.6) is 0 Å². The van der Waals surface area contributed by atoms with Crippen LogP contribution >= 0.6 is 0 Å². The Morgan fingerprint density at radius 1 is 1.05 bits per heavy atom. The van der Waals surface area contributed by atoms with Gasteiger partial charge in [0, 0.05) is 69.7 Å². The van der Waals surface area contributed by atoms with Crippen molar-refractivity contribution in [2.24, 2.45) is 5.92 Å². The van der Waals surface area contributed by atoms with Gasteiger partial charge in [-0.25, -0.2) is 4.98 Å². The maximum absolute atomic E-state index is 13.1. The number of piperazine rings is 1. The first kappa shape index (κ1) is 30.5. The van der Waals surface area contributed by atoms with Gasteiger partial charge in [0.15, 0.2) is 5.82 Å². The van der Waals surface area contributed by atoms with Crippen molar-refractivity contribution < 1.29 is 4.79 Å². The molecule has 1 aliphatic heterocycles. The highest BCUT2D eigenvalue weighted by Gasteiger charge is 2.20. The highest BCUT2D eigenvalue weighted by Crippen LogP contribution is 2.17. The summed E-state index contributed by atoms with van der Waals surface area (Å²) in [6, 6.07) is 9.85. The van der Waals surface area contributed by atoms with E-state index in [0.29, 0.717) is 17.9 Å². The van der Waals surface area contributed by atoms with Crippen molar-refractivity contribution in [3.63, 3.8) is 0 Å². The second-order valence-electron chi connectivity index (χ2n) is 10.9. The summed E-state index contributed by atoms with van der Waals surface area (Å²) < 4.78 is 0. The quantitative estimate of drug-likeness (QED) is 0.367. The zero-order chi connectivity index (χ0) is 28.2. The second kappa shape index (κ2) is 15.5. The third-order valence-electron chi connectivity index (χ3n) is 6.98. The minimum atomic E-state index is -0.201. The van der Waals surface area contributed by atoms with Gasteiger partial charge in [-0.2, -0.15) is 10.2 Å². The molecule has 212 valence electrons. The Bertz CT molecular complexity index is 1070. The molecule has 1 saturated heterocycles. The fraction of sp³-hybridized carbons (Fsp3) is 0.600. The average molecular weight is 535 g/mol. The monoisotopic (exact) mass is 534 g/mol. The SMILES string of the molecule is CCCN(CCC)CCN1CCN(Cc2ccc(C(=O)NN(CC(C)C)c3nc(C#N)ncc3C)cc2)CC1. The molecular weight excluding hydrogens is 488 g/mol. The summed E-state index contributed by atoms with van der Waals surface area (Å²) in [6.45, 7) is 21.0. The zero-order valence-electron chi connectivity index (χ0n) is 24.5. The first-order valence-corrected chi connectivity index (χ1v) is 14.4. The molecule has 39 heavy (non-hydrogen) atoms. The van der Waals surface area contributed by atoms with Gasteiger partial charge in [0.25, 0.3) is 5.91 Å². The van der Waals surface area contributed by atoms with Crippen molar-refractivity contribution in [3.8, 4) is 6.07 Å². The third-order valence-corrected chi connectivity index (χ3v) is 6.98. The van der Waals surface area contributed by atoms with Gasteiger partial charge in [0.1, 0.15) is 6.07 Å². The van der Waals surface area contributed by atoms with Crippen LogP contribution in [0.3, 0.4) is 0 Å². The maximum Gasteiger partial charge on any atom is 0.269 e. The van der Waals surface area contributed by atoms with Crippen LogP contribution in [0.2, 0.25) is 0 Å². The molecule has 1 aliphatic rings. The first-order chi connectivity index (χ1) is 18.8. The number of nitrogens with zero attached hydrogens (tertiary/aromatic N) is 7. The molecular formula is C30H46N8O. The number of rotatable bonds is 14. The lowest BCUT2D eigenvalue weighted by atomic mass is 10.1. The predicted octanol–water partition coefficient (Wildman–Crippen LogP) is 3.70. The van der Waals surface area contributed by atoms with Crippen LogP contribution in [-0.2, 0) is 6.54 Å². The van der Waals surface area contributed by atoms with Gasteiger partial charge in [-0.15, -0.1) is 0 Å². The Morgan fingerprint density at radius 2 is 1.69 bits per heavy atom. The van der Waals surface area contributed by atoms with Crippen LogP contribution in [0.1, 0.15) is 67.8 Å². The van der Waals surface area contributed by atoms with E-state index < -0.39 is 0 Å². The van der Waals surface area contributed by atoms with Crippen LogP contribution in [0.25, 0.3) is 0 Å². The van der Waals surface area contributed by atoms with Crippen LogP contribution in [0.4, 0.5) is 5.82 Å². The molecule has 1 N–H and O–H groups in total. The highest BCUT2D eigenvalue weighted by molar-refractivity contribution is 5.95. The molecule has 1 fully saturated rings. The lowest BCUT2D eigenvalue weighted by Gasteiger charge is -2.36. The van der Waals surface area contributed by atoms with Crippen molar-refractivity contribution in [1.29, 1.82) is 5.26 Å². The molecule has 0 radical (unpaired) electrons. The number of benzene rings is 1. The molecule has 0 aliphatic carbocycles.